The summed E-state index contributed by atoms with van der Waals surface area (Å²) in [6, 6.07) is 0. The summed E-state index contributed by atoms with van der Waals surface area (Å²) in [5.74, 6) is -0.599. The molecule has 0 saturated heterocycles. The molecule has 0 saturated carbocycles. The summed E-state index contributed by atoms with van der Waals surface area (Å²) in [5, 5.41) is 0. The van der Waals surface area contributed by atoms with Gasteiger partial charge in [-0.1, -0.05) is 0 Å². The van der Waals surface area contributed by atoms with Gasteiger partial charge < -0.3 is 20.9 Å². The van der Waals surface area contributed by atoms with Crippen LogP contribution in [0.3, 0.4) is 0 Å². The second-order valence-corrected chi connectivity index (χ2v) is 4.46. The van der Waals surface area contributed by atoms with Crippen LogP contribution in [0.15, 0.2) is 0 Å². The lowest BCUT2D eigenvalue weighted by atomic mass is 10.1. The van der Waals surface area contributed by atoms with Crippen LogP contribution >= 0.6 is 0 Å². The van der Waals surface area contributed by atoms with Gasteiger partial charge >= 0.3 is 0 Å². The van der Waals surface area contributed by atoms with Crippen molar-refractivity contribution in [1.29, 1.82) is 0 Å². The number of hydrogen-bond acceptors (Lipinski definition) is 4. The lowest BCUT2D eigenvalue weighted by Crippen LogP contribution is -2.43. The SMILES string of the molecule is CC(C)(CN)OC(C)(C)OCCCN. The van der Waals surface area contributed by atoms with Crippen molar-refractivity contribution < 1.29 is 9.47 Å². The van der Waals surface area contributed by atoms with E-state index >= 15 is 0 Å². The van der Waals surface area contributed by atoms with E-state index in [2.05, 4.69) is 0 Å². The molecule has 0 atom stereocenters. The first-order chi connectivity index (χ1) is 6.33. The van der Waals surface area contributed by atoms with Crippen molar-refractivity contribution in [3.63, 3.8) is 0 Å². The van der Waals surface area contributed by atoms with Crippen molar-refractivity contribution in [1.82, 2.24) is 0 Å². The van der Waals surface area contributed by atoms with E-state index in [0.29, 0.717) is 19.7 Å². The Morgan fingerprint density at radius 2 is 1.64 bits per heavy atom. The average Bonchev–Trinajstić information content (AvgIpc) is 2.03. The molecule has 14 heavy (non-hydrogen) atoms. The third-order valence-electron chi connectivity index (χ3n) is 1.81. The first-order valence-electron chi connectivity index (χ1n) is 5.07. The standard InChI is InChI=1S/C10H24N2O2/c1-9(2,8-12)14-10(3,4)13-7-5-6-11/h5-8,11-12H2,1-4H3. The second kappa shape index (κ2) is 5.66. The van der Waals surface area contributed by atoms with Crippen molar-refractivity contribution >= 4 is 0 Å². The molecule has 86 valence electrons. The third kappa shape index (κ3) is 6.32. The van der Waals surface area contributed by atoms with Crippen molar-refractivity contribution in [3.8, 4) is 0 Å². The zero-order chi connectivity index (χ0) is 11.2. The smallest absolute Gasteiger partial charge is 0.163 e. The molecular weight excluding hydrogens is 180 g/mol. The number of ether oxygens (including phenoxy) is 2. The summed E-state index contributed by atoms with van der Waals surface area (Å²) in [6.45, 7) is 9.39. The number of hydrogen-bond donors (Lipinski definition) is 2. The van der Waals surface area contributed by atoms with Crippen LogP contribution in [0.1, 0.15) is 34.1 Å². The summed E-state index contributed by atoms with van der Waals surface area (Å²) < 4.78 is 11.3. The molecule has 0 rings (SSSR count). The van der Waals surface area contributed by atoms with Gasteiger partial charge in [0.2, 0.25) is 0 Å². The Balaban J connectivity index is 3.93. The Bertz CT molecular complexity index is 158. The van der Waals surface area contributed by atoms with Crippen LogP contribution in [0, 0.1) is 0 Å². The van der Waals surface area contributed by atoms with Crippen LogP contribution in [0.2, 0.25) is 0 Å². The summed E-state index contributed by atoms with van der Waals surface area (Å²) in [4.78, 5) is 0. The monoisotopic (exact) mass is 204 g/mol. The van der Waals surface area contributed by atoms with Gasteiger partial charge in [0, 0.05) is 6.54 Å². The fourth-order valence-corrected chi connectivity index (χ4v) is 1.14. The van der Waals surface area contributed by atoms with Gasteiger partial charge in [0.05, 0.1) is 12.2 Å². The predicted octanol–water partition coefficient (Wildman–Crippen LogP) is 0.842. The molecular formula is C10H24N2O2. The molecule has 0 unspecified atom stereocenters. The lowest BCUT2D eigenvalue weighted by Gasteiger charge is -2.35. The molecule has 4 heteroatoms. The molecule has 0 aliphatic rings. The molecule has 0 amide bonds. The normalized spacial score (nSPS) is 13.3. The summed E-state index contributed by atoms with van der Waals surface area (Å²) >= 11 is 0. The highest BCUT2D eigenvalue weighted by Crippen LogP contribution is 2.20. The topological polar surface area (TPSA) is 70.5 Å². The zero-order valence-corrected chi connectivity index (χ0v) is 9.80. The molecule has 0 aromatic rings. The van der Waals surface area contributed by atoms with E-state index in [-0.39, 0.29) is 5.60 Å². The summed E-state index contributed by atoms with van der Waals surface area (Å²) in [5.41, 5.74) is 10.6. The van der Waals surface area contributed by atoms with E-state index < -0.39 is 5.79 Å². The van der Waals surface area contributed by atoms with Gasteiger partial charge in [-0.15, -0.1) is 0 Å². The molecule has 4 nitrogen and oxygen atoms in total. The molecule has 0 aromatic carbocycles. The van der Waals surface area contributed by atoms with Gasteiger partial charge in [-0.25, -0.2) is 0 Å². The van der Waals surface area contributed by atoms with Gasteiger partial charge in [-0.2, -0.15) is 0 Å². The average molecular weight is 204 g/mol. The first kappa shape index (κ1) is 13.8. The molecule has 0 fully saturated rings. The Labute approximate surface area is 86.9 Å². The molecule has 0 aliphatic heterocycles. The molecule has 0 radical (unpaired) electrons. The van der Waals surface area contributed by atoms with Crippen molar-refractivity contribution in [2.75, 3.05) is 19.7 Å². The van der Waals surface area contributed by atoms with Crippen LogP contribution in [0.4, 0.5) is 0 Å². The minimum Gasteiger partial charge on any atom is -0.350 e. The highest BCUT2D eigenvalue weighted by atomic mass is 16.7. The molecule has 4 N–H and O–H groups in total. The largest absolute Gasteiger partial charge is 0.350 e. The third-order valence-corrected chi connectivity index (χ3v) is 1.81. The molecule has 0 aliphatic carbocycles. The highest BCUT2D eigenvalue weighted by Gasteiger charge is 2.28. The fourth-order valence-electron chi connectivity index (χ4n) is 1.14. The Morgan fingerprint density at radius 1 is 1.07 bits per heavy atom. The van der Waals surface area contributed by atoms with E-state index in [4.69, 9.17) is 20.9 Å². The van der Waals surface area contributed by atoms with Gasteiger partial charge in [0.1, 0.15) is 0 Å². The fraction of sp³-hybridized carbons (Fsp3) is 1.00. The van der Waals surface area contributed by atoms with Crippen LogP contribution in [-0.2, 0) is 9.47 Å². The van der Waals surface area contributed by atoms with Crippen LogP contribution in [0.25, 0.3) is 0 Å². The van der Waals surface area contributed by atoms with E-state index in [9.17, 15) is 0 Å². The van der Waals surface area contributed by atoms with E-state index in [0.717, 1.165) is 6.42 Å². The van der Waals surface area contributed by atoms with Crippen LogP contribution < -0.4 is 11.5 Å². The number of nitrogens with two attached hydrogens (primary N) is 2. The summed E-state index contributed by atoms with van der Waals surface area (Å²) in [6.07, 6.45) is 0.843. The highest BCUT2D eigenvalue weighted by molar-refractivity contribution is 4.72. The molecule has 0 bridgehead atoms. The Hall–Kier alpha value is -0.160. The van der Waals surface area contributed by atoms with Gasteiger partial charge in [-0.05, 0) is 40.7 Å². The predicted molar refractivity (Wildman–Crippen MR) is 57.9 cm³/mol. The minimum absolute atomic E-state index is 0.355. The molecule has 0 spiro atoms. The summed E-state index contributed by atoms with van der Waals surface area (Å²) in [7, 11) is 0. The first-order valence-corrected chi connectivity index (χ1v) is 5.07. The van der Waals surface area contributed by atoms with Gasteiger partial charge in [-0.3, -0.25) is 0 Å². The molecule has 0 aromatic heterocycles. The van der Waals surface area contributed by atoms with Gasteiger partial charge in [0.15, 0.2) is 5.79 Å². The van der Waals surface area contributed by atoms with Gasteiger partial charge in [0.25, 0.3) is 0 Å². The molecule has 0 heterocycles. The quantitative estimate of drug-likeness (QED) is 0.476. The second-order valence-electron chi connectivity index (χ2n) is 4.46. The maximum absolute atomic E-state index is 5.73. The van der Waals surface area contributed by atoms with Crippen LogP contribution in [-0.4, -0.2) is 31.1 Å². The van der Waals surface area contributed by atoms with Crippen molar-refractivity contribution in [2.24, 2.45) is 11.5 Å². The van der Waals surface area contributed by atoms with Crippen LogP contribution in [0.5, 0.6) is 0 Å². The van der Waals surface area contributed by atoms with E-state index in [1.807, 2.05) is 27.7 Å². The van der Waals surface area contributed by atoms with Crippen molar-refractivity contribution in [2.45, 2.75) is 45.5 Å². The maximum atomic E-state index is 5.73. The van der Waals surface area contributed by atoms with E-state index in [1.165, 1.54) is 0 Å². The maximum Gasteiger partial charge on any atom is 0.163 e. The minimum atomic E-state index is -0.599. The number of rotatable bonds is 7. The zero-order valence-electron chi connectivity index (χ0n) is 9.80. The van der Waals surface area contributed by atoms with E-state index in [1.54, 1.807) is 0 Å². The Kier molecular flexibility index (Phi) is 5.59. The Morgan fingerprint density at radius 3 is 2.07 bits per heavy atom. The lowest BCUT2D eigenvalue weighted by molar-refractivity contribution is -0.259. The van der Waals surface area contributed by atoms with Crippen molar-refractivity contribution in [3.05, 3.63) is 0 Å².